The van der Waals surface area contributed by atoms with E-state index in [-0.39, 0.29) is 11.3 Å². The van der Waals surface area contributed by atoms with Crippen molar-refractivity contribution in [1.82, 2.24) is 14.8 Å². The average molecular weight is 440 g/mol. The highest BCUT2D eigenvalue weighted by Gasteiger charge is 2.51. The fraction of sp³-hybridized carbons (Fsp3) is 0.481. The van der Waals surface area contributed by atoms with Crippen molar-refractivity contribution in [2.75, 3.05) is 5.32 Å². The number of carbonyl (C=O) groups excluding carboxylic acids is 1. The molecule has 4 aliphatic carbocycles. The van der Waals surface area contributed by atoms with E-state index in [0.29, 0.717) is 23.6 Å². The van der Waals surface area contributed by atoms with Crippen molar-refractivity contribution < 1.29 is 4.79 Å². The molecular weight excluding hydrogens is 410 g/mol. The summed E-state index contributed by atoms with van der Waals surface area (Å²) in [5, 5.41) is 18.3. The third-order valence-corrected chi connectivity index (χ3v) is 8.30. The summed E-state index contributed by atoms with van der Waals surface area (Å²) in [6.07, 6.45) is 9.68. The molecule has 4 bridgehead atoms. The van der Waals surface area contributed by atoms with Crippen LogP contribution in [0, 0.1) is 48.3 Å². The van der Waals surface area contributed by atoms with Crippen LogP contribution in [0.15, 0.2) is 30.5 Å². The van der Waals surface area contributed by atoms with Gasteiger partial charge in [0, 0.05) is 11.8 Å². The third kappa shape index (κ3) is 3.42. The largest absolute Gasteiger partial charge is 0.309 e. The van der Waals surface area contributed by atoms with E-state index in [1.54, 1.807) is 4.68 Å². The van der Waals surface area contributed by atoms with E-state index < -0.39 is 0 Å². The topological polar surface area (TPSA) is 83.6 Å². The number of benzene rings is 1. The first-order chi connectivity index (χ1) is 15.9. The number of aryl methyl sites for hydroxylation is 2. The average Bonchev–Trinajstić information content (AvgIpc) is 3.15. The summed E-state index contributed by atoms with van der Waals surface area (Å²) in [6.45, 7) is 4.09. The molecule has 1 amide bonds. The first-order valence-corrected chi connectivity index (χ1v) is 12.1. The van der Waals surface area contributed by atoms with Gasteiger partial charge >= 0.3 is 0 Å². The Labute approximate surface area is 194 Å². The molecule has 4 saturated carbocycles. The Morgan fingerprint density at radius 2 is 1.85 bits per heavy atom. The normalized spacial score (nSPS) is 27.6. The van der Waals surface area contributed by atoms with Gasteiger partial charge in [0.2, 0.25) is 5.91 Å². The number of aromatic nitrogens is 3. The summed E-state index contributed by atoms with van der Waals surface area (Å²) >= 11 is 0. The van der Waals surface area contributed by atoms with Crippen molar-refractivity contribution >= 4 is 22.6 Å². The Kier molecular flexibility index (Phi) is 4.58. The summed E-state index contributed by atoms with van der Waals surface area (Å²) in [5.74, 6) is 3.43. The molecule has 1 aromatic carbocycles. The van der Waals surface area contributed by atoms with Gasteiger partial charge in [-0.3, -0.25) is 4.79 Å². The predicted molar refractivity (Wildman–Crippen MR) is 127 cm³/mol. The zero-order chi connectivity index (χ0) is 22.7. The molecule has 6 heteroatoms. The molecule has 1 N–H and O–H groups in total. The highest BCUT2D eigenvalue weighted by Crippen LogP contribution is 2.61. The van der Waals surface area contributed by atoms with Crippen molar-refractivity contribution in [3.8, 4) is 11.9 Å². The van der Waals surface area contributed by atoms with E-state index >= 15 is 0 Å². The second kappa shape index (κ2) is 7.41. The molecule has 0 atom stereocenters. The van der Waals surface area contributed by atoms with Gasteiger partial charge in [-0.15, -0.1) is 0 Å². The van der Waals surface area contributed by atoms with E-state index in [1.807, 2.05) is 32.0 Å². The number of pyridine rings is 1. The Balaban J connectivity index is 1.32. The smallest absolute Gasteiger partial charge is 0.226 e. The van der Waals surface area contributed by atoms with Crippen LogP contribution >= 0.6 is 0 Å². The molecular formula is C27H29N5O. The zero-order valence-corrected chi connectivity index (χ0v) is 19.3. The van der Waals surface area contributed by atoms with Crippen LogP contribution in [0.1, 0.15) is 61.6 Å². The minimum Gasteiger partial charge on any atom is -0.309 e. The second-order valence-corrected chi connectivity index (χ2v) is 10.8. The summed E-state index contributed by atoms with van der Waals surface area (Å²) < 4.78 is 1.61. The van der Waals surface area contributed by atoms with E-state index in [9.17, 15) is 10.1 Å². The van der Waals surface area contributed by atoms with Gasteiger partial charge in [0.25, 0.3) is 0 Å². The number of hydrogen-bond acceptors (Lipinski definition) is 4. The van der Waals surface area contributed by atoms with Gasteiger partial charge in [0.05, 0.1) is 11.7 Å². The molecule has 0 aliphatic heterocycles. The lowest BCUT2D eigenvalue weighted by Gasteiger charge is -2.56. The zero-order valence-electron chi connectivity index (χ0n) is 19.3. The molecule has 4 fully saturated rings. The molecule has 168 valence electrons. The van der Waals surface area contributed by atoms with Crippen LogP contribution in [0.2, 0.25) is 0 Å². The Bertz CT molecular complexity index is 1280. The van der Waals surface area contributed by atoms with Crippen LogP contribution in [0.4, 0.5) is 5.82 Å². The minimum atomic E-state index is -0.0103. The number of carbonyl (C=O) groups is 1. The van der Waals surface area contributed by atoms with Gasteiger partial charge in [0.1, 0.15) is 11.6 Å². The maximum absolute atomic E-state index is 13.3. The number of anilines is 1. The molecule has 2 heterocycles. The SMILES string of the molecule is Cc1cc(-n2ncc(C#N)c2NC(=O)CC23CC4CC(CC(C4)C2)C3)nc2c(C)cccc12. The van der Waals surface area contributed by atoms with Crippen LogP contribution in [-0.2, 0) is 4.79 Å². The van der Waals surface area contributed by atoms with Gasteiger partial charge in [-0.05, 0) is 92.7 Å². The van der Waals surface area contributed by atoms with Gasteiger partial charge in [-0.25, -0.2) is 4.98 Å². The maximum atomic E-state index is 13.3. The summed E-state index contributed by atoms with van der Waals surface area (Å²) in [4.78, 5) is 18.1. The van der Waals surface area contributed by atoms with Crippen molar-refractivity contribution in [1.29, 1.82) is 5.26 Å². The first kappa shape index (κ1) is 20.4. The quantitative estimate of drug-likeness (QED) is 0.585. The highest BCUT2D eigenvalue weighted by atomic mass is 16.1. The van der Waals surface area contributed by atoms with Gasteiger partial charge in [-0.2, -0.15) is 15.0 Å². The van der Waals surface area contributed by atoms with Crippen molar-refractivity contribution in [3.05, 3.63) is 47.2 Å². The van der Waals surface area contributed by atoms with E-state index in [4.69, 9.17) is 4.98 Å². The molecule has 3 aromatic rings. The molecule has 0 radical (unpaired) electrons. The summed E-state index contributed by atoms with van der Waals surface area (Å²) in [7, 11) is 0. The van der Waals surface area contributed by atoms with Crippen LogP contribution in [0.3, 0.4) is 0 Å². The number of nitrogens with zero attached hydrogens (tertiary/aromatic N) is 4. The first-order valence-electron chi connectivity index (χ1n) is 12.1. The Morgan fingerprint density at radius 1 is 1.15 bits per heavy atom. The fourth-order valence-corrected chi connectivity index (χ4v) is 7.40. The lowest BCUT2D eigenvalue weighted by Crippen LogP contribution is -2.47. The molecule has 0 unspecified atom stereocenters. The monoisotopic (exact) mass is 439 g/mol. The molecule has 0 spiro atoms. The van der Waals surface area contributed by atoms with Crippen molar-refractivity contribution in [2.24, 2.45) is 23.2 Å². The van der Waals surface area contributed by atoms with Crippen LogP contribution in [-0.4, -0.2) is 20.7 Å². The van der Waals surface area contributed by atoms with Gasteiger partial charge < -0.3 is 5.32 Å². The van der Waals surface area contributed by atoms with E-state index in [1.165, 1.54) is 44.7 Å². The van der Waals surface area contributed by atoms with E-state index in [2.05, 4.69) is 22.6 Å². The molecule has 0 saturated heterocycles. The van der Waals surface area contributed by atoms with Gasteiger partial charge in [-0.1, -0.05) is 18.2 Å². The highest BCUT2D eigenvalue weighted by molar-refractivity contribution is 5.92. The molecule has 6 nitrogen and oxygen atoms in total. The molecule has 2 aromatic heterocycles. The van der Waals surface area contributed by atoms with Crippen LogP contribution in [0.5, 0.6) is 0 Å². The Hall–Kier alpha value is -3.20. The molecule has 4 aliphatic rings. The molecule has 33 heavy (non-hydrogen) atoms. The summed E-state index contributed by atoms with van der Waals surface area (Å²) in [6, 6.07) is 10.3. The lowest BCUT2D eigenvalue weighted by atomic mass is 9.49. The third-order valence-electron chi connectivity index (χ3n) is 8.30. The number of fused-ring (bicyclic) bond motifs is 1. The maximum Gasteiger partial charge on any atom is 0.226 e. The number of rotatable bonds is 4. The Morgan fingerprint density at radius 3 is 2.52 bits per heavy atom. The number of hydrogen-bond donors (Lipinski definition) is 1. The standard InChI is InChI=1S/C27H29N5O/c1-16-4-3-5-22-17(2)6-23(30-25(16)22)32-26(21(14-28)15-29-32)31-24(33)13-27-10-18-7-19(11-27)9-20(8-18)12-27/h3-6,15,18-20H,7-13H2,1-2H3,(H,31,33). The predicted octanol–water partition coefficient (Wildman–Crippen LogP) is 5.45. The van der Waals surface area contributed by atoms with Crippen molar-refractivity contribution in [2.45, 2.75) is 58.8 Å². The fourth-order valence-electron chi connectivity index (χ4n) is 7.40. The summed E-state index contributed by atoms with van der Waals surface area (Å²) in [5.41, 5.74) is 3.58. The van der Waals surface area contributed by atoms with Crippen LogP contribution in [0.25, 0.3) is 16.7 Å². The van der Waals surface area contributed by atoms with E-state index in [0.717, 1.165) is 39.8 Å². The molecule has 7 rings (SSSR count). The minimum absolute atomic E-state index is 0.0103. The number of para-hydroxylation sites is 1. The van der Waals surface area contributed by atoms with Crippen molar-refractivity contribution in [3.63, 3.8) is 0 Å². The number of amides is 1. The second-order valence-electron chi connectivity index (χ2n) is 10.8. The van der Waals surface area contributed by atoms with Gasteiger partial charge in [0.15, 0.2) is 11.6 Å². The number of nitrogens with one attached hydrogen (secondary N) is 1. The van der Waals surface area contributed by atoms with Crippen LogP contribution < -0.4 is 5.32 Å². The number of nitriles is 1. The lowest BCUT2D eigenvalue weighted by molar-refractivity contribution is -0.124.